The Labute approximate surface area is 169 Å². The summed E-state index contributed by atoms with van der Waals surface area (Å²) in [5, 5.41) is 9.83. The predicted molar refractivity (Wildman–Crippen MR) is 112 cm³/mol. The van der Waals surface area contributed by atoms with Gasteiger partial charge in [-0.15, -0.1) is 10.2 Å². The van der Waals surface area contributed by atoms with E-state index in [-0.39, 0.29) is 0 Å². The van der Waals surface area contributed by atoms with E-state index in [1.165, 1.54) is 5.56 Å². The summed E-state index contributed by atoms with van der Waals surface area (Å²) < 4.78 is 13.5. The van der Waals surface area contributed by atoms with Crippen LogP contribution in [0.25, 0.3) is 5.69 Å². The van der Waals surface area contributed by atoms with E-state index in [1.807, 2.05) is 36.4 Å². The van der Waals surface area contributed by atoms with Gasteiger partial charge in [0.1, 0.15) is 5.75 Å². The number of hydrogen-bond acceptors (Lipinski definition) is 6. The quantitative estimate of drug-likeness (QED) is 0.449. The molecule has 0 N–H and O–H groups in total. The molecule has 0 amide bonds. The molecule has 3 aromatic rings. The molecule has 1 aliphatic rings. The summed E-state index contributed by atoms with van der Waals surface area (Å²) in [6.07, 6.45) is 0. The van der Waals surface area contributed by atoms with Gasteiger partial charge in [0.15, 0.2) is 5.16 Å². The number of benzene rings is 2. The Balaban J connectivity index is 1.47. The number of rotatable bonds is 7. The lowest BCUT2D eigenvalue weighted by Crippen LogP contribution is -2.37. The van der Waals surface area contributed by atoms with Crippen LogP contribution in [-0.4, -0.2) is 53.4 Å². The second kappa shape index (κ2) is 9.12. The fourth-order valence-electron chi connectivity index (χ4n) is 3.12. The van der Waals surface area contributed by atoms with Crippen molar-refractivity contribution in [3.8, 4) is 11.4 Å². The van der Waals surface area contributed by atoms with Gasteiger partial charge in [-0.1, -0.05) is 42.1 Å². The molecule has 146 valence electrons. The number of para-hydroxylation sites is 1. The first-order chi connectivity index (χ1) is 13.8. The molecule has 0 unspecified atom stereocenters. The molecule has 2 heterocycles. The highest BCUT2D eigenvalue weighted by molar-refractivity contribution is 7.99. The normalized spacial score (nSPS) is 14.2. The third-order valence-corrected chi connectivity index (χ3v) is 5.39. The van der Waals surface area contributed by atoms with Gasteiger partial charge in [0, 0.05) is 18.8 Å². The number of morpholine rings is 1. The van der Waals surface area contributed by atoms with Crippen molar-refractivity contribution in [3.63, 3.8) is 0 Å². The first-order valence-corrected chi connectivity index (χ1v) is 10.5. The molecular formula is C21H24N4O2S. The van der Waals surface area contributed by atoms with Gasteiger partial charge < -0.3 is 14.4 Å². The molecule has 6 nitrogen and oxygen atoms in total. The summed E-state index contributed by atoms with van der Waals surface area (Å²) in [5.74, 6) is 2.57. The van der Waals surface area contributed by atoms with Gasteiger partial charge in [-0.2, -0.15) is 0 Å². The molecule has 1 fully saturated rings. The van der Waals surface area contributed by atoms with Gasteiger partial charge in [-0.25, -0.2) is 0 Å². The van der Waals surface area contributed by atoms with Crippen molar-refractivity contribution >= 4 is 17.7 Å². The van der Waals surface area contributed by atoms with Crippen molar-refractivity contribution in [2.45, 2.75) is 12.1 Å². The first-order valence-electron chi connectivity index (χ1n) is 9.47. The first kappa shape index (κ1) is 18.8. The number of nitrogens with zero attached hydrogens (tertiary/aromatic N) is 4. The smallest absolute Gasteiger partial charge is 0.232 e. The maximum atomic E-state index is 5.87. The fraction of sp³-hybridized carbons (Fsp3) is 0.333. The zero-order valence-electron chi connectivity index (χ0n) is 16.0. The number of hydrogen-bond donors (Lipinski definition) is 0. The van der Waals surface area contributed by atoms with Crippen LogP contribution < -0.4 is 9.64 Å². The minimum absolute atomic E-state index is 0.614. The van der Waals surface area contributed by atoms with Crippen LogP contribution in [0.1, 0.15) is 5.56 Å². The Kier molecular flexibility index (Phi) is 6.14. The average molecular weight is 397 g/mol. The molecule has 0 atom stereocenters. The summed E-state index contributed by atoms with van der Waals surface area (Å²) in [5.41, 5.74) is 2.26. The molecule has 4 rings (SSSR count). The summed E-state index contributed by atoms with van der Waals surface area (Å²) >= 11 is 1.66. The van der Waals surface area contributed by atoms with Crippen LogP contribution in [0.4, 0.5) is 5.95 Å². The summed E-state index contributed by atoms with van der Waals surface area (Å²) in [6, 6.07) is 18.4. The second-order valence-electron chi connectivity index (χ2n) is 6.57. The second-order valence-corrected chi connectivity index (χ2v) is 7.63. The van der Waals surface area contributed by atoms with E-state index in [9.17, 15) is 0 Å². The molecule has 7 heteroatoms. The Morgan fingerprint density at radius 3 is 2.64 bits per heavy atom. The van der Waals surface area contributed by atoms with Gasteiger partial charge in [-0.3, -0.25) is 4.57 Å². The Bertz CT molecular complexity index is 894. The number of thioether (sulfide) groups is 1. The molecule has 0 aliphatic carbocycles. The van der Waals surface area contributed by atoms with Crippen molar-refractivity contribution in [2.75, 3.05) is 43.6 Å². The monoisotopic (exact) mass is 396 g/mol. The Hall–Kier alpha value is -2.51. The van der Waals surface area contributed by atoms with E-state index in [1.54, 1.807) is 11.8 Å². The molecule has 0 spiro atoms. The molecule has 0 saturated carbocycles. The molecule has 1 saturated heterocycles. The number of aryl methyl sites for hydroxylation is 1. The summed E-state index contributed by atoms with van der Waals surface area (Å²) in [7, 11) is 0. The highest BCUT2D eigenvalue weighted by Crippen LogP contribution is 2.27. The van der Waals surface area contributed by atoms with E-state index in [2.05, 4.69) is 44.8 Å². The van der Waals surface area contributed by atoms with E-state index in [4.69, 9.17) is 9.47 Å². The number of aromatic nitrogens is 3. The molecule has 28 heavy (non-hydrogen) atoms. The average Bonchev–Trinajstić information content (AvgIpc) is 3.16. The maximum absolute atomic E-state index is 5.87. The predicted octanol–water partition coefficient (Wildman–Crippen LogP) is 3.58. The molecule has 0 bridgehead atoms. The van der Waals surface area contributed by atoms with E-state index < -0.39 is 0 Å². The van der Waals surface area contributed by atoms with E-state index >= 15 is 0 Å². The largest absolute Gasteiger partial charge is 0.493 e. The van der Waals surface area contributed by atoms with Crippen LogP contribution in [0.5, 0.6) is 5.75 Å². The van der Waals surface area contributed by atoms with Crippen molar-refractivity contribution in [1.29, 1.82) is 0 Å². The highest BCUT2D eigenvalue weighted by Gasteiger charge is 2.21. The van der Waals surface area contributed by atoms with Crippen LogP contribution in [0, 0.1) is 6.92 Å². The van der Waals surface area contributed by atoms with Crippen LogP contribution >= 0.6 is 11.8 Å². The standard InChI is InChI=1S/C21H24N4O2S/c1-17-6-5-9-19(16-17)27-14-15-28-21-23-22-20(24-10-12-26-13-11-24)25(21)18-7-3-2-4-8-18/h2-9,16H,10-15H2,1H3. The maximum Gasteiger partial charge on any atom is 0.232 e. The zero-order valence-corrected chi connectivity index (χ0v) is 16.8. The summed E-state index contributed by atoms with van der Waals surface area (Å²) in [6.45, 7) is 5.76. The van der Waals surface area contributed by atoms with Crippen molar-refractivity contribution < 1.29 is 9.47 Å². The van der Waals surface area contributed by atoms with Gasteiger partial charge in [0.05, 0.1) is 25.5 Å². The fourth-order valence-corrected chi connectivity index (χ4v) is 3.89. The topological polar surface area (TPSA) is 52.4 Å². The molecule has 0 radical (unpaired) electrons. The van der Waals surface area contributed by atoms with Gasteiger partial charge in [-0.05, 0) is 36.8 Å². The Morgan fingerprint density at radius 1 is 1.04 bits per heavy atom. The van der Waals surface area contributed by atoms with Crippen molar-refractivity contribution in [2.24, 2.45) is 0 Å². The lowest BCUT2D eigenvalue weighted by molar-refractivity contribution is 0.122. The highest BCUT2D eigenvalue weighted by atomic mass is 32.2. The lowest BCUT2D eigenvalue weighted by Gasteiger charge is -2.27. The third kappa shape index (κ3) is 4.48. The van der Waals surface area contributed by atoms with Crippen molar-refractivity contribution in [1.82, 2.24) is 14.8 Å². The van der Waals surface area contributed by atoms with Crippen molar-refractivity contribution in [3.05, 3.63) is 60.2 Å². The lowest BCUT2D eigenvalue weighted by atomic mass is 10.2. The molecular weight excluding hydrogens is 372 g/mol. The van der Waals surface area contributed by atoms with Crippen LogP contribution in [0.15, 0.2) is 59.8 Å². The van der Waals surface area contributed by atoms with Crippen LogP contribution in [0.2, 0.25) is 0 Å². The SMILES string of the molecule is Cc1cccc(OCCSc2nnc(N3CCOCC3)n2-c2ccccc2)c1. The Morgan fingerprint density at radius 2 is 1.86 bits per heavy atom. The summed E-state index contributed by atoms with van der Waals surface area (Å²) in [4.78, 5) is 2.23. The van der Waals surface area contributed by atoms with Gasteiger partial charge in [0.25, 0.3) is 0 Å². The molecule has 2 aromatic carbocycles. The van der Waals surface area contributed by atoms with Gasteiger partial charge >= 0.3 is 0 Å². The third-order valence-electron chi connectivity index (χ3n) is 4.50. The molecule has 1 aliphatic heterocycles. The number of anilines is 1. The van der Waals surface area contributed by atoms with E-state index in [0.29, 0.717) is 19.8 Å². The zero-order chi connectivity index (χ0) is 19.2. The van der Waals surface area contributed by atoms with E-state index in [0.717, 1.165) is 41.4 Å². The number of ether oxygens (including phenoxy) is 2. The van der Waals surface area contributed by atoms with Gasteiger partial charge in [0.2, 0.25) is 5.95 Å². The van der Waals surface area contributed by atoms with Crippen LogP contribution in [0.3, 0.4) is 0 Å². The van der Waals surface area contributed by atoms with Crippen LogP contribution in [-0.2, 0) is 4.74 Å². The minimum Gasteiger partial charge on any atom is -0.493 e. The molecule has 1 aromatic heterocycles. The minimum atomic E-state index is 0.614.